The largest absolute Gasteiger partial charge is 0.360 e. The Kier molecular flexibility index (Phi) is 4.30. The molecule has 3 nitrogen and oxygen atoms in total. The van der Waals surface area contributed by atoms with Gasteiger partial charge < -0.3 is 5.32 Å². The van der Waals surface area contributed by atoms with Gasteiger partial charge in [0.1, 0.15) is 16.6 Å². The van der Waals surface area contributed by atoms with Crippen molar-refractivity contribution >= 4 is 56.0 Å². The summed E-state index contributed by atoms with van der Waals surface area (Å²) in [7, 11) is 0. The van der Waals surface area contributed by atoms with Gasteiger partial charge in [0, 0.05) is 21.9 Å². The lowest BCUT2D eigenvalue weighted by molar-refractivity contribution is 1.42. The zero-order valence-corrected chi connectivity index (χ0v) is 13.5. The number of rotatable bonds is 3. The number of nitrogens with one attached hydrogen (secondary N) is 1. The van der Waals surface area contributed by atoms with E-state index in [-0.39, 0.29) is 0 Å². The summed E-state index contributed by atoms with van der Waals surface area (Å²) >= 11 is 13.4. The number of nitrogens with zero attached hydrogens (tertiary/aromatic N) is 2. The molecule has 0 atom stereocenters. The summed E-state index contributed by atoms with van der Waals surface area (Å²) in [4.78, 5) is 4.47. The Bertz CT molecular complexity index is 856. The third-order valence-corrected chi connectivity index (χ3v) is 4.40. The molecule has 6 heteroatoms. The predicted molar refractivity (Wildman–Crippen MR) is 93.3 cm³/mol. The van der Waals surface area contributed by atoms with E-state index in [2.05, 4.69) is 16.4 Å². The number of hydrogen-bond acceptors (Lipinski definition) is 4. The Morgan fingerprint density at radius 1 is 1.18 bits per heavy atom. The molecule has 0 aliphatic heterocycles. The van der Waals surface area contributed by atoms with Crippen molar-refractivity contribution in [1.82, 2.24) is 4.98 Å². The van der Waals surface area contributed by atoms with Crippen molar-refractivity contribution in [3.63, 3.8) is 0 Å². The molecule has 0 saturated heterocycles. The summed E-state index contributed by atoms with van der Waals surface area (Å²) < 4.78 is 1.05. The molecule has 1 aromatic heterocycles. The molecular formula is C16H9Cl2N3S. The summed E-state index contributed by atoms with van der Waals surface area (Å²) in [5.41, 5.74) is 2.05. The zero-order chi connectivity index (χ0) is 15.5. The first-order valence-electron chi connectivity index (χ1n) is 6.34. The highest BCUT2D eigenvalue weighted by Gasteiger charge is 2.08. The molecule has 2 aromatic carbocycles. The first-order chi connectivity index (χ1) is 10.7. The van der Waals surface area contributed by atoms with E-state index < -0.39 is 0 Å². The predicted octanol–water partition coefficient (Wildman–Crippen LogP) is 5.58. The van der Waals surface area contributed by atoms with Crippen LogP contribution in [0.2, 0.25) is 10.0 Å². The minimum atomic E-state index is 0.456. The summed E-state index contributed by atoms with van der Waals surface area (Å²) in [6.07, 6.45) is 1.61. The number of anilines is 1. The van der Waals surface area contributed by atoms with Crippen molar-refractivity contribution in [2.75, 3.05) is 5.32 Å². The number of allylic oxidation sites excluding steroid dienone is 1. The molecular weight excluding hydrogens is 337 g/mol. The first kappa shape index (κ1) is 14.9. The van der Waals surface area contributed by atoms with E-state index in [9.17, 15) is 5.26 Å². The minimum absolute atomic E-state index is 0.456. The highest BCUT2D eigenvalue weighted by molar-refractivity contribution is 7.19. The van der Waals surface area contributed by atoms with Crippen molar-refractivity contribution in [2.24, 2.45) is 0 Å². The summed E-state index contributed by atoms with van der Waals surface area (Å²) in [5.74, 6) is 0. The second-order valence-electron chi connectivity index (χ2n) is 4.46. The number of thiazole rings is 1. The number of para-hydroxylation sites is 1. The zero-order valence-electron chi connectivity index (χ0n) is 11.2. The van der Waals surface area contributed by atoms with Crippen LogP contribution in [0.5, 0.6) is 0 Å². The van der Waals surface area contributed by atoms with Crippen molar-refractivity contribution in [3.8, 4) is 6.07 Å². The van der Waals surface area contributed by atoms with E-state index in [0.29, 0.717) is 26.3 Å². The number of halogens is 2. The second-order valence-corrected chi connectivity index (χ2v) is 6.36. The lowest BCUT2D eigenvalue weighted by Crippen LogP contribution is -1.91. The molecule has 3 aromatic rings. The number of aromatic nitrogens is 1. The van der Waals surface area contributed by atoms with Gasteiger partial charge in [-0.2, -0.15) is 5.26 Å². The van der Waals surface area contributed by atoms with Gasteiger partial charge in [0.2, 0.25) is 0 Å². The Morgan fingerprint density at radius 3 is 2.59 bits per heavy atom. The fraction of sp³-hybridized carbons (Fsp3) is 0. The number of fused-ring (bicyclic) bond motifs is 1. The van der Waals surface area contributed by atoms with Crippen LogP contribution in [0.4, 0.5) is 5.69 Å². The van der Waals surface area contributed by atoms with Gasteiger partial charge in [-0.1, -0.05) is 35.3 Å². The average molecular weight is 346 g/mol. The third kappa shape index (κ3) is 3.23. The van der Waals surface area contributed by atoms with Crippen LogP contribution >= 0.6 is 34.5 Å². The van der Waals surface area contributed by atoms with Gasteiger partial charge in [-0.25, -0.2) is 4.98 Å². The molecule has 108 valence electrons. The van der Waals surface area contributed by atoms with Crippen LogP contribution in [-0.4, -0.2) is 4.98 Å². The molecule has 22 heavy (non-hydrogen) atoms. The summed E-state index contributed by atoms with van der Waals surface area (Å²) in [6, 6.07) is 15.1. The quantitative estimate of drug-likeness (QED) is 0.630. The monoisotopic (exact) mass is 345 g/mol. The molecule has 0 bridgehead atoms. The summed E-state index contributed by atoms with van der Waals surface area (Å²) in [6.45, 7) is 0. The highest BCUT2D eigenvalue weighted by Crippen LogP contribution is 2.27. The van der Waals surface area contributed by atoms with Crippen molar-refractivity contribution < 1.29 is 0 Å². The molecule has 0 fully saturated rings. The van der Waals surface area contributed by atoms with Crippen LogP contribution in [-0.2, 0) is 0 Å². The maximum atomic E-state index is 9.35. The number of benzene rings is 2. The molecule has 3 rings (SSSR count). The number of hydrogen-bond donors (Lipinski definition) is 1. The van der Waals surface area contributed by atoms with Crippen LogP contribution < -0.4 is 5.32 Å². The molecule has 1 N–H and O–H groups in total. The average Bonchev–Trinajstić information content (AvgIpc) is 2.90. The Labute approximate surface area is 141 Å². The SMILES string of the molecule is N#CC(=CNc1cc(Cl)cc(Cl)c1)c1nc2ccccc2s1. The van der Waals surface area contributed by atoms with Crippen molar-refractivity contribution in [3.05, 3.63) is 63.7 Å². The smallest absolute Gasteiger partial charge is 0.136 e. The van der Waals surface area contributed by atoms with E-state index in [1.807, 2.05) is 24.3 Å². The van der Waals surface area contributed by atoms with Gasteiger partial charge in [-0.3, -0.25) is 0 Å². The van der Waals surface area contributed by atoms with E-state index in [4.69, 9.17) is 23.2 Å². The lowest BCUT2D eigenvalue weighted by atomic mass is 10.3. The molecule has 0 saturated carbocycles. The maximum Gasteiger partial charge on any atom is 0.136 e. The van der Waals surface area contributed by atoms with Gasteiger partial charge in [0.05, 0.1) is 10.2 Å². The minimum Gasteiger partial charge on any atom is -0.360 e. The topological polar surface area (TPSA) is 48.7 Å². The third-order valence-electron chi connectivity index (χ3n) is 2.89. The maximum absolute atomic E-state index is 9.35. The van der Waals surface area contributed by atoms with E-state index in [1.54, 1.807) is 24.4 Å². The molecule has 1 heterocycles. The van der Waals surface area contributed by atoms with Gasteiger partial charge in [-0.15, -0.1) is 11.3 Å². The van der Waals surface area contributed by atoms with Gasteiger partial charge >= 0.3 is 0 Å². The Hall–Kier alpha value is -2.06. The fourth-order valence-electron chi connectivity index (χ4n) is 1.92. The van der Waals surface area contributed by atoms with Crippen LogP contribution in [0.3, 0.4) is 0 Å². The lowest BCUT2D eigenvalue weighted by Gasteiger charge is -2.03. The molecule has 0 amide bonds. The van der Waals surface area contributed by atoms with Gasteiger partial charge in [0.15, 0.2) is 0 Å². The van der Waals surface area contributed by atoms with E-state index in [0.717, 1.165) is 10.2 Å². The first-order valence-corrected chi connectivity index (χ1v) is 7.92. The van der Waals surface area contributed by atoms with Gasteiger partial charge in [0.25, 0.3) is 0 Å². The molecule has 0 unspecified atom stereocenters. The Balaban J connectivity index is 1.91. The normalized spacial score (nSPS) is 11.4. The van der Waals surface area contributed by atoms with Crippen molar-refractivity contribution in [2.45, 2.75) is 0 Å². The van der Waals surface area contributed by atoms with Crippen LogP contribution in [0.25, 0.3) is 15.8 Å². The summed E-state index contributed by atoms with van der Waals surface area (Å²) in [5, 5.41) is 14.1. The fourth-order valence-corrected chi connectivity index (χ4v) is 3.38. The van der Waals surface area contributed by atoms with Crippen LogP contribution in [0.1, 0.15) is 5.01 Å². The Morgan fingerprint density at radius 2 is 1.91 bits per heavy atom. The highest BCUT2D eigenvalue weighted by atomic mass is 35.5. The molecule has 0 radical (unpaired) electrons. The second kappa shape index (κ2) is 6.37. The van der Waals surface area contributed by atoms with Gasteiger partial charge in [-0.05, 0) is 30.3 Å². The molecule has 0 aliphatic rings. The standard InChI is InChI=1S/C16H9Cl2N3S/c17-11-5-12(18)7-13(6-11)20-9-10(8-19)16-21-14-3-1-2-4-15(14)22-16/h1-7,9,20H. The van der Waals surface area contributed by atoms with Crippen LogP contribution in [0, 0.1) is 11.3 Å². The molecule has 0 spiro atoms. The number of nitriles is 1. The van der Waals surface area contributed by atoms with Crippen LogP contribution in [0.15, 0.2) is 48.7 Å². The van der Waals surface area contributed by atoms with Crippen molar-refractivity contribution in [1.29, 1.82) is 5.26 Å². The van der Waals surface area contributed by atoms with E-state index >= 15 is 0 Å². The molecule has 0 aliphatic carbocycles. The van der Waals surface area contributed by atoms with E-state index in [1.165, 1.54) is 11.3 Å².